The van der Waals surface area contributed by atoms with Crippen molar-refractivity contribution in [3.8, 4) is 11.5 Å². The van der Waals surface area contributed by atoms with Gasteiger partial charge in [-0.2, -0.15) is 0 Å². The Labute approximate surface area is 136 Å². The Bertz CT molecular complexity index is 641. The van der Waals surface area contributed by atoms with Gasteiger partial charge in [-0.05, 0) is 73.3 Å². The van der Waals surface area contributed by atoms with Crippen molar-refractivity contribution < 1.29 is 10.2 Å². The number of benzene rings is 2. The van der Waals surface area contributed by atoms with Gasteiger partial charge in [0, 0.05) is 6.04 Å². The third-order valence-electron chi connectivity index (χ3n) is 3.85. The molecule has 0 saturated heterocycles. The first-order valence-corrected chi connectivity index (χ1v) is 7.75. The number of aryl methyl sites for hydroxylation is 1. The summed E-state index contributed by atoms with van der Waals surface area (Å²) in [5, 5.41) is 25.0. The number of nitrogens with zero attached hydrogens (tertiary/aromatic N) is 1. The summed E-state index contributed by atoms with van der Waals surface area (Å²) in [5.41, 5.74) is 2.25. The van der Waals surface area contributed by atoms with Crippen LogP contribution in [0.15, 0.2) is 47.6 Å². The largest absolute Gasteiger partial charge is 0.508 e. The van der Waals surface area contributed by atoms with Crippen LogP contribution in [-0.2, 0) is 12.8 Å². The van der Waals surface area contributed by atoms with Gasteiger partial charge in [-0.3, -0.25) is 0 Å². The third-order valence-corrected chi connectivity index (χ3v) is 3.85. The maximum Gasteiger partial charge on any atom is 0.149 e. The van der Waals surface area contributed by atoms with Crippen molar-refractivity contribution in [1.29, 1.82) is 0 Å². The average molecular weight is 314 g/mol. The first-order chi connectivity index (χ1) is 11.1. The molecule has 2 aromatic carbocycles. The molecule has 0 amide bonds. The van der Waals surface area contributed by atoms with E-state index in [-0.39, 0.29) is 11.4 Å². The Morgan fingerprint density at radius 3 is 2.39 bits per heavy atom. The summed E-state index contributed by atoms with van der Waals surface area (Å²) in [7, 11) is 0. The Morgan fingerprint density at radius 2 is 1.74 bits per heavy atom. The highest BCUT2D eigenvalue weighted by atomic mass is 16.3. The van der Waals surface area contributed by atoms with Gasteiger partial charge in [-0.1, -0.05) is 18.2 Å². The van der Waals surface area contributed by atoms with Gasteiger partial charge in [0.05, 0.1) is 0 Å². The number of nitroso groups, excluding NO2 is 1. The predicted molar refractivity (Wildman–Crippen MR) is 91.2 cm³/mol. The molecule has 1 atom stereocenters. The van der Waals surface area contributed by atoms with Crippen molar-refractivity contribution in [3.63, 3.8) is 0 Å². The van der Waals surface area contributed by atoms with Gasteiger partial charge in [-0.15, -0.1) is 4.91 Å². The number of hydrogen-bond donors (Lipinski definition) is 3. The second-order valence-corrected chi connectivity index (χ2v) is 5.72. The van der Waals surface area contributed by atoms with Crippen LogP contribution in [0.1, 0.15) is 24.5 Å². The van der Waals surface area contributed by atoms with E-state index in [1.807, 2.05) is 12.1 Å². The number of nitrogens with one attached hydrogen (secondary N) is 1. The fourth-order valence-electron chi connectivity index (χ4n) is 2.41. The van der Waals surface area contributed by atoms with Crippen molar-refractivity contribution >= 4 is 5.69 Å². The molecule has 0 aromatic heterocycles. The van der Waals surface area contributed by atoms with E-state index in [1.54, 1.807) is 24.3 Å². The summed E-state index contributed by atoms with van der Waals surface area (Å²) in [4.78, 5) is 10.4. The molecule has 0 bridgehead atoms. The Hall–Kier alpha value is -2.40. The van der Waals surface area contributed by atoms with Gasteiger partial charge in [0.1, 0.15) is 17.2 Å². The molecule has 5 heteroatoms. The van der Waals surface area contributed by atoms with Crippen LogP contribution in [0.3, 0.4) is 0 Å². The van der Waals surface area contributed by atoms with E-state index in [0.29, 0.717) is 11.8 Å². The lowest BCUT2D eigenvalue weighted by Gasteiger charge is -2.14. The molecule has 0 radical (unpaired) electrons. The molecular formula is C18H22N2O3. The van der Waals surface area contributed by atoms with E-state index >= 15 is 0 Å². The van der Waals surface area contributed by atoms with Gasteiger partial charge in [0.2, 0.25) is 0 Å². The minimum atomic E-state index is -0.0714. The number of phenols is 2. The monoisotopic (exact) mass is 314 g/mol. The molecule has 23 heavy (non-hydrogen) atoms. The van der Waals surface area contributed by atoms with Crippen LogP contribution in [0.2, 0.25) is 0 Å². The molecule has 0 aliphatic carbocycles. The average Bonchev–Trinajstić information content (AvgIpc) is 2.54. The van der Waals surface area contributed by atoms with Crippen molar-refractivity contribution in [2.75, 3.05) is 6.54 Å². The second-order valence-electron chi connectivity index (χ2n) is 5.72. The fraction of sp³-hybridized carbons (Fsp3) is 0.333. The number of aromatic hydroxyl groups is 2. The van der Waals surface area contributed by atoms with Crippen molar-refractivity contribution in [2.24, 2.45) is 5.18 Å². The molecule has 0 fully saturated rings. The van der Waals surface area contributed by atoms with E-state index in [4.69, 9.17) is 0 Å². The summed E-state index contributed by atoms with van der Waals surface area (Å²) in [6.07, 6.45) is 2.73. The van der Waals surface area contributed by atoms with Crippen molar-refractivity contribution in [1.82, 2.24) is 5.32 Å². The lowest BCUT2D eigenvalue weighted by atomic mass is 10.1. The maximum atomic E-state index is 10.4. The van der Waals surface area contributed by atoms with E-state index in [1.165, 1.54) is 11.6 Å². The fourth-order valence-corrected chi connectivity index (χ4v) is 2.41. The molecule has 3 N–H and O–H groups in total. The molecule has 0 aliphatic rings. The quantitative estimate of drug-likeness (QED) is 0.650. The van der Waals surface area contributed by atoms with E-state index in [2.05, 4.69) is 17.4 Å². The van der Waals surface area contributed by atoms with Crippen LogP contribution in [0, 0.1) is 4.91 Å². The van der Waals surface area contributed by atoms with Crippen LogP contribution < -0.4 is 5.32 Å². The SMILES string of the molecule is CC(CCc1ccc(O)cc1)NCCc1ccc(N=O)c(O)c1. The Balaban J connectivity index is 1.72. The highest BCUT2D eigenvalue weighted by molar-refractivity contribution is 5.52. The molecular weight excluding hydrogens is 292 g/mol. The zero-order valence-corrected chi connectivity index (χ0v) is 13.2. The van der Waals surface area contributed by atoms with Gasteiger partial charge in [0.15, 0.2) is 0 Å². The zero-order valence-electron chi connectivity index (χ0n) is 13.2. The maximum absolute atomic E-state index is 10.4. The van der Waals surface area contributed by atoms with Gasteiger partial charge in [-0.25, -0.2) is 0 Å². The highest BCUT2D eigenvalue weighted by Crippen LogP contribution is 2.26. The Kier molecular flexibility index (Phi) is 6.11. The van der Waals surface area contributed by atoms with Crippen molar-refractivity contribution in [2.45, 2.75) is 32.2 Å². The minimum Gasteiger partial charge on any atom is -0.508 e. The van der Waals surface area contributed by atoms with E-state index < -0.39 is 0 Å². The molecule has 0 spiro atoms. The van der Waals surface area contributed by atoms with Crippen LogP contribution in [0.4, 0.5) is 5.69 Å². The van der Waals surface area contributed by atoms with Crippen LogP contribution in [0.5, 0.6) is 11.5 Å². The lowest BCUT2D eigenvalue weighted by molar-refractivity contribution is 0.474. The number of phenolic OH excluding ortho intramolecular Hbond substituents is 2. The standard InChI is InChI=1S/C18H22N2O3/c1-13(2-3-14-4-7-16(21)8-5-14)19-11-10-15-6-9-17(20-23)18(22)12-15/h4-9,12-13,19,21-22H,2-3,10-11H2,1H3. The summed E-state index contributed by atoms with van der Waals surface area (Å²) in [6, 6.07) is 12.6. The normalized spacial score (nSPS) is 12.0. The van der Waals surface area contributed by atoms with E-state index in [9.17, 15) is 15.1 Å². The molecule has 2 aromatic rings. The molecule has 0 saturated carbocycles. The van der Waals surface area contributed by atoms with Crippen LogP contribution in [0.25, 0.3) is 0 Å². The molecule has 2 rings (SSSR count). The lowest BCUT2D eigenvalue weighted by Crippen LogP contribution is -2.28. The molecule has 0 heterocycles. The van der Waals surface area contributed by atoms with Gasteiger partial charge in [0.25, 0.3) is 0 Å². The van der Waals surface area contributed by atoms with Gasteiger partial charge >= 0.3 is 0 Å². The number of rotatable bonds is 8. The third kappa shape index (κ3) is 5.38. The molecule has 1 unspecified atom stereocenters. The van der Waals surface area contributed by atoms with Crippen molar-refractivity contribution in [3.05, 3.63) is 58.5 Å². The smallest absolute Gasteiger partial charge is 0.149 e. The minimum absolute atomic E-state index is 0.0714. The second kappa shape index (κ2) is 8.29. The zero-order chi connectivity index (χ0) is 16.7. The summed E-state index contributed by atoms with van der Waals surface area (Å²) in [5.74, 6) is 0.219. The van der Waals surface area contributed by atoms with E-state index in [0.717, 1.165) is 31.4 Å². The van der Waals surface area contributed by atoms with Crippen LogP contribution in [-0.4, -0.2) is 22.8 Å². The predicted octanol–water partition coefficient (Wildman–Crippen LogP) is 3.65. The molecule has 5 nitrogen and oxygen atoms in total. The summed E-state index contributed by atoms with van der Waals surface area (Å²) in [6.45, 7) is 2.93. The first-order valence-electron chi connectivity index (χ1n) is 7.75. The van der Waals surface area contributed by atoms with Crippen LogP contribution >= 0.6 is 0 Å². The van der Waals surface area contributed by atoms with Gasteiger partial charge < -0.3 is 15.5 Å². The molecule has 0 aliphatic heterocycles. The summed E-state index contributed by atoms with van der Waals surface area (Å²) < 4.78 is 0. The number of hydrogen-bond acceptors (Lipinski definition) is 5. The first kappa shape index (κ1) is 17.0. The Morgan fingerprint density at radius 1 is 1.04 bits per heavy atom. The highest BCUT2D eigenvalue weighted by Gasteiger charge is 2.05. The molecule has 122 valence electrons. The summed E-state index contributed by atoms with van der Waals surface area (Å²) >= 11 is 0. The topological polar surface area (TPSA) is 81.9 Å².